The molecule has 0 atom stereocenters. The van der Waals surface area contributed by atoms with Crippen LogP contribution in [-0.2, 0) is 0 Å². The van der Waals surface area contributed by atoms with E-state index in [0.29, 0.717) is 5.69 Å². The summed E-state index contributed by atoms with van der Waals surface area (Å²) in [6.07, 6.45) is 6.74. The maximum Gasteiger partial charge on any atom is 0.285 e. The van der Waals surface area contributed by atoms with Gasteiger partial charge in [0.05, 0.1) is 18.2 Å². The van der Waals surface area contributed by atoms with E-state index in [9.17, 15) is 4.79 Å². The second kappa shape index (κ2) is 6.45. The molecule has 0 unspecified atom stereocenters. The molecular formula is C15H13ClN6O. The van der Waals surface area contributed by atoms with Crippen molar-refractivity contribution < 1.29 is 0 Å². The molecule has 0 bridgehead atoms. The molecule has 8 heteroatoms. The molecule has 2 N–H and O–H groups in total. The average Bonchev–Trinajstić information content (AvgIpc) is 3.10. The minimum absolute atomic E-state index is 0.0204. The van der Waals surface area contributed by atoms with Crippen LogP contribution in [-0.4, -0.2) is 25.5 Å². The van der Waals surface area contributed by atoms with Gasteiger partial charge >= 0.3 is 0 Å². The Morgan fingerprint density at radius 3 is 2.83 bits per heavy atom. The molecule has 23 heavy (non-hydrogen) atoms. The third-order valence-electron chi connectivity index (χ3n) is 3.23. The van der Waals surface area contributed by atoms with Gasteiger partial charge in [0.25, 0.3) is 5.56 Å². The molecule has 0 aliphatic heterocycles. The van der Waals surface area contributed by atoms with Crippen molar-refractivity contribution in [3.8, 4) is 5.69 Å². The molecule has 0 fully saturated rings. The van der Waals surface area contributed by atoms with Crippen molar-refractivity contribution in [3.05, 3.63) is 70.1 Å². The van der Waals surface area contributed by atoms with Gasteiger partial charge in [-0.15, -0.1) is 0 Å². The molecule has 3 aromatic rings. The van der Waals surface area contributed by atoms with Gasteiger partial charge in [-0.2, -0.15) is 10.2 Å². The smallest absolute Gasteiger partial charge is 0.285 e. The number of rotatable bonds is 4. The molecule has 2 aromatic heterocycles. The number of hydrogen-bond donors (Lipinski definition) is 2. The normalized spacial score (nSPS) is 11.5. The number of aromatic nitrogens is 4. The van der Waals surface area contributed by atoms with E-state index in [0.717, 1.165) is 17.0 Å². The van der Waals surface area contributed by atoms with Crippen LogP contribution in [0.1, 0.15) is 12.5 Å². The fraction of sp³-hybridized carbons (Fsp3) is 0.0667. The summed E-state index contributed by atoms with van der Waals surface area (Å²) in [5.74, 6) is 0. The zero-order valence-electron chi connectivity index (χ0n) is 12.2. The lowest BCUT2D eigenvalue weighted by Gasteiger charge is -2.06. The quantitative estimate of drug-likeness (QED) is 0.569. The van der Waals surface area contributed by atoms with Crippen LogP contribution in [0.15, 0.2) is 59.1 Å². The molecule has 1 aromatic carbocycles. The SMILES string of the molecule is C/C(=N/Nc1cn[nH]c(=O)c1Cl)c1ccc(-n2ccnc2)cc1. The van der Waals surface area contributed by atoms with Crippen molar-refractivity contribution >= 4 is 23.0 Å². The van der Waals surface area contributed by atoms with E-state index in [1.165, 1.54) is 6.20 Å². The number of nitrogens with one attached hydrogen (secondary N) is 2. The Morgan fingerprint density at radius 2 is 2.13 bits per heavy atom. The zero-order chi connectivity index (χ0) is 16.2. The van der Waals surface area contributed by atoms with Gasteiger partial charge in [-0.25, -0.2) is 10.1 Å². The Hall–Kier alpha value is -2.93. The largest absolute Gasteiger partial charge is 0.306 e. The Balaban J connectivity index is 1.78. The summed E-state index contributed by atoms with van der Waals surface area (Å²) in [6, 6.07) is 7.84. The summed E-state index contributed by atoms with van der Waals surface area (Å²) in [5, 5.41) is 10.2. The molecule has 7 nitrogen and oxygen atoms in total. The van der Waals surface area contributed by atoms with E-state index < -0.39 is 5.56 Å². The second-order valence-electron chi connectivity index (χ2n) is 4.75. The van der Waals surface area contributed by atoms with Crippen LogP contribution in [0.5, 0.6) is 0 Å². The van der Waals surface area contributed by atoms with Gasteiger partial charge in [-0.1, -0.05) is 23.7 Å². The summed E-state index contributed by atoms with van der Waals surface area (Å²) >= 11 is 5.88. The van der Waals surface area contributed by atoms with Crippen molar-refractivity contribution in [1.82, 2.24) is 19.7 Å². The van der Waals surface area contributed by atoms with Gasteiger partial charge < -0.3 is 4.57 Å². The van der Waals surface area contributed by atoms with E-state index in [1.807, 2.05) is 42.0 Å². The first-order valence-corrected chi connectivity index (χ1v) is 7.15. The van der Waals surface area contributed by atoms with Crippen molar-refractivity contribution in [3.63, 3.8) is 0 Å². The van der Waals surface area contributed by atoms with Crippen LogP contribution < -0.4 is 11.0 Å². The molecule has 0 spiro atoms. The first kappa shape index (κ1) is 15.0. The maximum absolute atomic E-state index is 11.4. The van der Waals surface area contributed by atoms with Crippen LogP contribution >= 0.6 is 11.6 Å². The first-order chi connectivity index (χ1) is 11.1. The van der Waals surface area contributed by atoms with E-state index >= 15 is 0 Å². The summed E-state index contributed by atoms with van der Waals surface area (Å²) in [4.78, 5) is 15.4. The molecular weight excluding hydrogens is 316 g/mol. The summed E-state index contributed by atoms with van der Waals surface area (Å²) in [6.45, 7) is 1.85. The monoisotopic (exact) mass is 328 g/mol. The minimum Gasteiger partial charge on any atom is -0.306 e. The zero-order valence-corrected chi connectivity index (χ0v) is 12.9. The van der Waals surface area contributed by atoms with E-state index in [2.05, 4.69) is 25.7 Å². The number of aromatic amines is 1. The van der Waals surface area contributed by atoms with Crippen LogP contribution in [0.2, 0.25) is 5.02 Å². The lowest BCUT2D eigenvalue weighted by molar-refractivity contribution is 0.986. The summed E-state index contributed by atoms with van der Waals surface area (Å²) in [7, 11) is 0. The fourth-order valence-electron chi connectivity index (χ4n) is 1.96. The molecule has 116 valence electrons. The number of hydrazone groups is 1. The van der Waals surface area contributed by atoms with E-state index in [-0.39, 0.29) is 5.02 Å². The highest BCUT2D eigenvalue weighted by Crippen LogP contribution is 2.15. The number of imidazole rings is 1. The van der Waals surface area contributed by atoms with Crippen LogP contribution in [0.4, 0.5) is 5.69 Å². The van der Waals surface area contributed by atoms with Crippen molar-refractivity contribution in [2.45, 2.75) is 6.92 Å². The number of anilines is 1. The molecule has 0 saturated carbocycles. The third-order valence-corrected chi connectivity index (χ3v) is 3.60. The van der Waals surface area contributed by atoms with Gasteiger partial charge in [0.2, 0.25) is 0 Å². The topological polar surface area (TPSA) is 88.0 Å². The lowest BCUT2D eigenvalue weighted by atomic mass is 10.1. The summed E-state index contributed by atoms with van der Waals surface area (Å²) < 4.78 is 1.91. The molecule has 0 radical (unpaired) electrons. The van der Waals surface area contributed by atoms with Crippen LogP contribution in [0, 0.1) is 0 Å². The van der Waals surface area contributed by atoms with Crippen molar-refractivity contribution in [2.75, 3.05) is 5.43 Å². The number of nitrogens with zero attached hydrogens (tertiary/aromatic N) is 4. The third kappa shape index (κ3) is 3.29. The highest BCUT2D eigenvalue weighted by atomic mass is 35.5. The number of benzene rings is 1. The van der Waals surface area contributed by atoms with E-state index in [1.54, 1.807) is 12.5 Å². The number of hydrogen-bond acceptors (Lipinski definition) is 5. The standard InChI is InChI=1S/C15H13ClN6O/c1-10(19-20-13-8-18-21-15(23)14(13)16)11-2-4-12(5-3-11)22-7-6-17-9-22/h2-9H,1H3,(H2,20,21,23)/b19-10-. The van der Waals surface area contributed by atoms with Gasteiger partial charge in [0, 0.05) is 18.1 Å². The Labute approximate surface area is 136 Å². The lowest BCUT2D eigenvalue weighted by Crippen LogP contribution is -2.10. The summed E-state index contributed by atoms with van der Waals surface area (Å²) in [5.41, 5.74) is 5.34. The predicted octanol–water partition coefficient (Wildman–Crippen LogP) is 2.45. The molecule has 0 saturated heterocycles. The Bertz CT molecular complexity index is 883. The van der Waals surface area contributed by atoms with Gasteiger partial charge in [0.15, 0.2) is 0 Å². The second-order valence-corrected chi connectivity index (χ2v) is 5.13. The van der Waals surface area contributed by atoms with Gasteiger partial charge in [0.1, 0.15) is 10.7 Å². The molecule has 0 amide bonds. The predicted molar refractivity (Wildman–Crippen MR) is 89.3 cm³/mol. The van der Waals surface area contributed by atoms with Crippen LogP contribution in [0.3, 0.4) is 0 Å². The average molecular weight is 329 g/mol. The Kier molecular flexibility index (Phi) is 4.20. The van der Waals surface area contributed by atoms with Gasteiger partial charge in [-0.05, 0) is 24.6 Å². The maximum atomic E-state index is 11.4. The highest BCUT2D eigenvalue weighted by molar-refractivity contribution is 6.32. The molecule has 3 rings (SSSR count). The number of H-pyrrole nitrogens is 1. The molecule has 0 aliphatic rings. The number of halogens is 1. The first-order valence-electron chi connectivity index (χ1n) is 6.77. The molecule has 0 aliphatic carbocycles. The highest BCUT2D eigenvalue weighted by Gasteiger charge is 2.04. The van der Waals surface area contributed by atoms with Crippen molar-refractivity contribution in [1.29, 1.82) is 0 Å². The van der Waals surface area contributed by atoms with Gasteiger partial charge in [-0.3, -0.25) is 10.2 Å². The fourth-order valence-corrected chi connectivity index (χ4v) is 2.09. The van der Waals surface area contributed by atoms with Crippen molar-refractivity contribution in [2.24, 2.45) is 5.10 Å². The minimum atomic E-state index is -0.464. The van der Waals surface area contributed by atoms with Crippen LogP contribution in [0.25, 0.3) is 5.69 Å². The van der Waals surface area contributed by atoms with E-state index in [4.69, 9.17) is 11.6 Å². The Morgan fingerprint density at radius 1 is 1.35 bits per heavy atom. The molecule has 2 heterocycles.